The average molecular weight is 429 g/mol. The van der Waals surface area contributed by atoms with Crippen molar-refractivity contribution in [2.75, 3.05) is 16.3 Å². The standard InChI is InChI=1S/C20H17F2N5O2S/c1-4-13-7-16(21)19(25-9-13)26-17-11-23-10-15(12(17)2)8-14-5-6-24-20(18(14)22)27-30(3,28)29/h1,5-7,9-11H,8H2,2-3H3,(H,24,27)(H,25,26). The number of hydrogen-bond acceptors (Lipinski definition) is 6. The first kappa shape index (κ1) is 21.1. The summed E-state index contributed by atoms with van der Waals surface area (Å²) < 4.78 is 53.7. The molecule has 0 amide bonds. The molecule has 2 N–H and O–H groups in total. The van der Waals surface area contributed by atoms with Crippen LogP contribution in [0.3, 0.4) is 0 Å². The Morgan fingerprint density at radius 1 is 1.13 bits per heavy atom. The zero-order chi connectivity index (χ0) is 21.9. The fraction of sp³-hybridized carbons (Fsp3) is 0.150. The van der Waals surface area contributed by atoms with Crippen LogP contribution in [0.4, 0.5) is 26.1 Å². The molecular formula is C20H17F2N5O2S. The molecule has 0 aliphatic carbocycles. The zero-order valence-electron chi connectivity index (χ0n) is 16.1. The monoisotopic (exact) mass is 429 g/mol. The molecule has 3 aromatic rings. The van der Waals surface area contributed by atoms with Gasteiger partial charge in [-0.25, -0.2) is 27.2 Å². The Morgan fingerprint density at radius 3 is 2.57 bits per heavy atom. The number of sulfonamides is 1. The summed E-state index contributed by atoms with van der Waals surface area (Å²) in [5, 5.41) is 2.86. The fourth-order valence-corrected chi connectivity index (χ4v) is 3.17. The van der Waals surface area contributed by atoms with Crippen molar-refractivity contribution >= 4 is 27.3 Å². The summed E-state index contributed by atoms with van der Waals surface area (Å²) in [5.74, 6) is 0.504. The molecule has 0 saturated heterocycles. The Kier molecular flexibility index (Phi) is 5.94. The van der Waals surface area contributed by atoms with Crippen molar-refractivity contribution in [3.8, 4) is 12.3 Å². The Bertz CT molecular complexity index is 1260. The predicted octanol–water partition coefficient (Wildman–Crippen LogP) is 3.15. The second-order valence-electron chi connectivity index (χ2n) is 6.48. The largest absolute Gasteiger partial charge is 0.336 e. The lowest BCUT2D eigenvalue weighted by atomic mass is 10.0. The molecule has 7 nitrogen and oxygen atoms in total. The van der Waals surface area contributed by atoms with Gasteiger partial charge in [0.1, 0.15) is 0 Å². The van der Waals surface area contributed by atoms with Gasteiger partial charge in [-0.2, -0.15) is 0 Å². The molecule has 0 bridgehead atoms. The number of halogens is 2. The van der Waals surface area contributed by atoms with Gasteiger partial charge in [-0.3, -0.25) is 9.71 Å². The molecule has 0 saturated carbocycles. The molecule has 0 atom stereocenters. The number of aromatic nitrogens is 3. The van der Waals surface area contributed by atoms with Crippen LogP contribution < -0.4 is 10.0 Å². The van der Waals surface area contributed by atoms with E-state index < -0.39 is 21.7 Å². The summed E-state index contributed by atoms with van der Waals surface area (Å²) in [6.07, 6.45) is 12.0. The Morgan fingerprint density at radius 2 is 1.90 bits per heavy atom. The van der Waals surface area contributed by atoms with Crippen molar-refractivity contribution < 1.29 is 17.2 Å². The molecule has 0 fully saturated rings. The number of pyridine rings is 3. The predicted molar refractivity (Wildman–Crippen MR) is 110 cm³/mol. The normalized spacial score (nSPS) is 11.0. The van der Waals surface area contributed by atoms with E-state index in [1.54, 1.807) is 13.1 Å². The van der Waals surface area contributed by atoms with Crippen LogP contribution in [0.2, 0.25) is 0 Å². The first-order valence-corrected chi connectivity index (χ1v) is 10.5. The minimum Gasteiger partial charge on any atom is -0.336 e. The molecule has 0 aliphatic heterocycles. The maximum atomic E-state index is 14.7. The maximum Gasteiger partial charge on any atom is 0.231 e. The van der Waals surface area contributed by atoms with Crippen molar-refractivity contribution in [3.63, 3.8) is 0 Å². The van der Waals surface area contributed by atoms with Gasteiger partial charge < -0.3 is 5.32 Å². The number of nitrogens with zero attached hydrogens (tertiary/aromatic N) is 3. The van der Waals surface area contributed by atoms with E-state index in [1.807, 2.05) is 4.72 Å². The van der Waals surface area contributed by atoms with Crippen LogP contribution in [-0.2, 0) is 16.4 Å². The topological polar surface area (TPSA) is 96.9 Å². The highest BCUT2D eigenvalue weighted by Gasteiger charge is 2.16. The Hall–Kier alpha value is -3.58. The van der Waals surface area contributed by atoms with E-state index in [4.69, 9.17) is 6.42 Å². The third-order valence-corrected chi connectivity index (χ3v) is 4.78. The van der Waals surface area contributed by atoms with Crippen LogP contribution in [0.5, 0.6) is 0 Å². The first-order valence-electron chi connectivity index (χ1n) is 8.61. The summed E-state index contributed by atoms with van der Waals surface area (Å²) in [5.41, 5.74) is 2.36. The van der Waals surface area contributed by atoms with Crippen molar-refractivity contribution in [3.05, 3.63) is 70.8 Å². The van der Waals surface area contributed by atoms with Crippen LogP contribution >= 0.6 is 0 Å². The molecule has 10 heteroatoms. The molecular weight excluding hydrogens is 412 g/mol. The van der Waals surface area contributed by atoms with E-state index >= 15 is 0 Å². The van der Waals surface area contributed by atoms with E-state index in [1.165, 1.54) is 30.7 Å². The molecule has 0 aromatic carbocycles. The third kappa shape index (κ3) is 4.87. The molecule has 3 aromatic heterocycles. The van der Waals surface area contributed by atoms with Gasteiger partial charge in [0.2, 0.25) is 10.0 Å². The molecule has 0 unspecified atom stereocenters. The highest BCUT2D eigenvalue weighted by molar-refractivity contribution is 7.92. The number of rotatable bonds is 6. The highest BCUT2D eigenvalue weighted by Crippen LogP contribution is 2.26. The van der Waals surface area contributed by atoms with Crippen LogP contribution in [0.25, 0.3) is 0 Å². The van der Waals surface area contributed by atoms with Gasteiger partial charge in [0.05, 0.1) is 18.1 Å². The van der Waals surface area contributed by atoms with Crippen LogP contribution in [0, 0.1) is 30.9 Å². The molecule has 154 valence electrons. The fourth-order valence-electron chi connectivity index (χ4n) is 2.68. The number of nitrogens with one attached hydrogen (secondary N) is 2. The van der Waals surface area contributed by atoms with Gasteiger partial charge >= 0.3 is 0 Å². The van der Waals surface area contributed by atoms with Gasteiger partial charge in [-0.15, -0.1) is 6.42 Å². The van der Waals surface area contributed by atoms with Crippen LogP contribution in [0.15, 0.2) is 36.9 Å². The lowest BCUT2D eigenvalue weighted by Crippen LogP contribution is -2.13. The van der Waals surface area contributed by atoms with E-state index in [2.05, 4.69) is 26.2 Å². The average Bonchev–Trinajstić information content (AvgIpc) is 2.68. The number of anilines is 3. The molecule has 3 heterocycles. The highest BCUT2D eigenvalue weighted by atomic mass is 32.2. The lowest BCUT2D eigenvalue weighted by molar-refractivity contribution is 0.599. The summed E-state index contributed by atoms with van der Waals surface area (Å²) in [6.45, 7) is 1.77. The summed E-state index contributed by atoms with van der Waals surface area (Å²) in [6, 6.07) is 2.63. The van der Waals surface area contributed by atoms with Gasteiger partial charge in [0, 0.05) is 30.6 Å². The minimum absolute atomic E-state index is 0.0224. The van der Waals surface area contributed by atoms with Crippen molar-refractivity contribution in [1.82, 2.24) is 15.0 Å². The van der Waals surface area contributed by atoms with E-state index in [9.17, 15) is 17.2 Å². The van der Waals surface area contributed by atoms with Gasteiger partial charge in [0.15, 0.2) is 23.3 Å². The summed E-state index contributed by atoms with van der Waals surface area (Å²) in [7, 11) is -3.68. The quantitative estimate of drug-likeness (QED) is 0.585. The Balaban J connectivity index is 1.89. The van der Waals surface area contributed by atoms with Crippen LogP contribution in [-0.4, -0.2) is 29.6 Å². The van der Waals surface area contributed by atoms with E-state index in [0.717, 1.165) is 6.26 Å². The minimum atomic E-state index is -3.68. The summed E-state index contributed by atoms with van der Waals surface area (Å²) in [4.78, 5) is 11.8. The second-order valence-corrected chi connectivity index (χ2v) is 8.23. The summed E-state index contributed by atoms with van der Waals surface area (Å²) >= 11 is 0. The number of hydrogen-bond donors (Lipinski definition) is 2. The molecule has 30 heavy (non-hydrogen) atoms. The van der Waals surface area contributed by atoms with Crippen molar-refractivity contribution in [1.29, 1.82) is 0 Å². The maximum absolute atomic E-state index is 14.7. The number of terminal acetylenes is 1. The molecule has 3 rings (SSSR count). The molecule has 0 radical (unpaired) electrons. The smallest absolute Gasteiger partial charge is 0.231 e. The Labute approximate surface area is 172 Å². The van der Waals surface area contributed by atoms with Crippen molar-refractivity contribution in [2.24, 2.45) is 0 Å². The van der Waals surface area contributed by atoms with Crippen molar-refractivity contribution in [2.45, 2.75) is 13.3 Å². The van der Waals surface area contributed by atoms with Crippen LogP contribution in [0.1, 0.15) is 22.3 Å². The van der Waals surface area contributed by atoms with Gasteiger partial charge in [-0.1, -0.05) is 5.92 Å². The van der Waals surface area contributed by atoms with Gasteiger partial charge in [0.25, 0.3) is 0 Å². The van der Waals surface area contributed by atoms with E-state index in [-0.39, 0.29) is 23.6 Å². The third-order valence-electron chi connectivity index (χ3n) is 4.21. The molecule has 0 aliphatic rings. The zero-order valence-corrected chi connectivity index (χ0v) is 16.9. The first-order chi connectivity index (χ1) is 14.2. The second kappa shape index (κ2) is 8.42. The van der Waals surface area contributed by atoms with Gasteiger partial charge in [-0.05, 0) is 35.7 Å². The lowest BCUT2D eigenvalue weighted by Gasteiger charge is -2.14. The SMILES string of the molecule is C#Cc1cnc(Nc2cncc(Cc3ccnc(NS(C)(=O)=O)c3F)c2C)c(F)c1. The van der Waals surface area contributed by atoms with E-state index in [0.29, 0.717) is 22.4 Å². The molecule has 0 spiro atoms.